The number of aliphatic hydroxyl groups is 1. The Morgan fingerprint density at radius 2 is 1.72 bits per heavy atom. The molecule has 2 amide bonds. The number of benzene rings is 2. The zero-order valence-electron chi connectivity index (χ0n) is 15.4. The van der Waals surface area contributed by atoms with Gasteiger partial charge in [0.1, 0.15) is 0 Å². The minimum absolute atomic E-state index is 0.151. The van der Waals surface area contributed by atoms with Crippen molar-refractivity contribution in [3.63, 3.8) is 0 Å². The van der Waals surface area contributed by atoms with E-state index in [1.165, 1.54) is 0 Å². The van der Waals surface area contributed by atoms with Crippen molar-refractivity contribution in [2.45, 2.75) is 52.2 Å². The maximum Gasteiger partial charge on any atom is 0.319 e. The van der Waals surface area contributed by atoms with Gasteiger partial charge < -0.3 is 15.7 Å². The first-order valence-corrected chi connectivity index (χ1v) is 8.78. The topological polar surface area (TPSA) is 61.4 Å². The number of aryl methyl sites for hydroxylation is 1. The third kappa shape index (κ3) is 5.33. The molecule has 0 aliphatic carbocycles. The van der Waals surface area contributed by atoms with Gasteiger partial charge in [-0.15, -0.1) is 0 Å². The highest BCUT2D eigenvalue weighted by Crippen LogP contribution is 2.27. The van der Waals surface area contributed by atoms with Crippen molar-refractivity contribution < 1.29 is 9.90 Å². The molecule has 25 heavy (non-hydrogen) atoms. The molecule has 2 atom stereocenters. The van der Waals surface area contributed by atoms with E-state index < -0.39 is 6.10 Å². The third-order valence-electron chi connectivity index (χ3n) is 4.30. The Morgan fingerprint density at radius 1 is 1.04 bits per heavy atom. The van der Waals surface area contributed by atoms with Crippen molar-refractivity contribution in [3.8, 4) is 0 Å². The van der Waals surface area contributed by atoms with Gasteiger partial charge in [0.2, 0.25) is 0 Å². The van der Waals surface area contributed by atoms with Gasteiger partial charge in [-0.1, -0.05) is 62.4 Å². The Bertz CT molecular complexity index is 698. The Balaban J connectivity index is 1.96. The van der Waals surface area contributed by atoms with Crippen molar-refractivity contribution in [2.75, 3.05) is 5.32 Å². The average Bonchev–Trinajstić information content (AvgIpc) is 2.57. The molecule has 0 heterocycles. The number of carbonyl (C=O) groups is 1. The summed E-state index contributed by atoms with van der Waals surface area (Å²) in [5, 5.41) is 16.2. The molecule has 0 saturated carbocycles. The molecule has 0 bridgehead atoms. The van der Waals surface area contributed by atoms with Crippen molar-refractivity contribution in [2.24, 2.45) is 0 Å². The number of carbonyl (C=O) groups excluding carboxylic acids is 1. The normalized spacial score (nSPS) is 13.4. The molecule has 2 unspecified atom stereocenters. The summed E-state index contributed by atoms with van der Waals surface area (Å²) >= 11 is 0. The van der Waals surface area contributed by atoms with Crippen molar-refractivity contribution in [1.29, 1.82) is 0 Å². The number of hydrogen-bond donors (Lipinski definition) is 3. The number of nitrogens with one attached hydrogen (secondary N) is 2. The second-order valence-electron chi connectivity index (χ2n) is 6.86. The molecule has 0 fully saturated rings. The molecule has 0 spiro atoms. The SMILES string of the molecule is Cc1cccc(C(C)C)c1NC(=O)NC(C)CC(O)c1ccccc1. The van der Waals surface area contributed by atoms with E-state index in [4.69, 9.17) is 0 Å². The average molecular weight is 340 g/mol. The summed E-state index contributed by atoms with van der Waals surface area (Å²) < 4.78 is 0. The van der Waals surface area contributed by atoms with E-state index in [0.29, 0.717) is 12.3 Å². The maximum absolute atomic E-state index is 12.4. The monoisotopic (exact) mass is 340 g/mol. The maximum atomic E-state index is 12.4. The van der Waals surface area contributed by atoms with Gasteiger partial charge in [0.25, 0.3) is 0 Å². The van der Waals surface area contributed by atoms with Gasteiger partial charge in [-0.05, 0) is 42.9 Å². The van der Waals surface area contributed by atoms with Gasteiger partial charge in [-0.25, -0.2) is 4.79 Å². The van der Waals surface area contributed by atoms with E-state index >= 15 is 0 Å². The number of amides is 2. The lowest BCUT2D eigenvalue weighted by Crippen LogP contribution is -2.37. The highest BCUT2D eigenvalue weighted by atomic mass is 16.3. The van der Waals surface area contributed by atoms with E-state index in [1.807, 2.05) is 62.4 Å². The van der Waals surface area contributed by atoms with E-state index in [0.717, 1.165) is 22.4 Å². The van der Waals surface area contributed by atoms with E-state index in [1.54, 1.807) is 0 Å². The Labute approximate surface area is 150 Å². The first-order valence-electron chi connectivity index (χ1n) is 8.78. The lowest BCUT2D eigenvalue weighted by Gasteiger charge is -2.21. The van der Waals surface area contributed by atoms with Gasteiger partial charge >= 0.3 is 6.03 Å². The van der Waals surface area contributed by atoms with Crippen LogP contribution in [0.5, 0.6) is 0 Å². The molecule has 2 aromatic carbocycles. The van der Waals surface area contributed by atoms with Crippen molar-refractivity contribution >= 4 is 11.7 Å². The first-order chi connectivity index (χ1) is 11.9. The second-order valence-corrected chi connectivity index (χ2v) is 6.86. The summed E-state index contributed by atoms with van der Waals surface area (Å²) in [4.78, 5) is 12.4. The van der Waals surface area contributed by atoms with Crippen molar-refractivity contribution in [3.05, 3.63) is 65.2 Å². The molecule has 0 saturated heterocycles. The van der Waals surface area contributed by atoms with Crippen LogP contribution in [0.4, 0.5) is 10.5 Å². The lowest BCUT2D eigenvalue weighted by molar-refractivity contribution is 0.155. The number of anilines is 1. The van der Waals surface area contributed by atoms with Crippen LogP contribution in [0.3, 0.4) is 0 Å². The van der Waals surface area contributed by atoms with Crippen LogP contribution in [0.15, 0.2) is 48.5 Å². The molecule has 0 aromatic heterocycles. The molecule has 134 valence electrons. The fourth-order valence-electron chi connectivity index (χ4n) is 2.92. The molecule has 0 radical (unpaired) electrons. The van der Waals surface area contributed by atoms with Crippen LogP contribution in [0.2, 0.25) is 0 Å². The standard InChI is InChI=1S/C21H28N2O2/c1-14(2)18-12-8-9-15(3)20(18)23-21(25)22-16(4)13-19(24)17-10-6-5-7-11-17/h5-12,14,16,19,24H,13H2,1-4H3,(H2,22,23,25). The van der Waals surface area contributed by atoms with Crippen LogP contribution in [0.1, 0.15) is 55.9 Å². The number of hydrogen-bond acceptors (Lipinski definition) is 2. The fraction of sp³-hybridized carbons (Fsp3) is 0.381. The van der Waals surface area contributed by atoms with Crippen LogP contribution in [0, 0.1) is 6.92 Å². The van der Waals surface area contributed by atoms with Crippen LogP contribution in [0.25, 0.3) is 0 Å². The van der Waals surface area contributed by atoms with Crippen LogP contribution < -0.4 is 10.6 Å². The Hall–Kier alpha value is -2.33. The summed E-state index contributed by atoms with van der Waals surface area (Å²) in [6.07, 6.45) is -0.136. The molecule has 3 N–H and O–H groups in total. The molecule has 0 aliphatic heterocycles. The highest BCUT2D eigenvalue weighted by molar-refractivity contribution is 5.91. The fourth-order valence-corrected chi connectivity index (χ4v) is 2.92. The number of para-hydroxylation sites is 1. The third-order valence-corrected chi connectivity index (χ3v) is 4.30. The predicted molar refractivity (Wildman–Crippen MR) is 103 cm³/mol. The van der Waals surface area contributed by atoms with E-state index in [2.05, 4.69) is 24.5 Å². The molecule has 4 heteroatoms. The lowest BCUT2D eigenvalue weighted by atomic mass is 9.98. The first kappa shape index (κ1) is 19.0. The number of aliphatic hydroxyl groups excluding tert-OH is 1. The van der Waals surface area contributed by atoms with Gasteiger partial charge in [-0.3, -0.25) is 0 Å². The minimum atomic E-state index is -0.596. The quantitative estimate of drug-likeness (QED) is 0.710. The van der Waals surface area contributed by atoms with E-state index in [-0.39, 0.29) is 12.1 Å². The molecule has 2 rings (SSSR count). The Kier molecular flexibility index (Phi) is 6.59. The number of urea groups is 1. The smallest absolute Gasteiger partial charge is 0.319 e. The molecule has 2 aromatic rings. The summed E-state index contributed by atoms with van der Waals surface area (Å²) in [6, 6.07) is 15.1. The van der Waals surface area contributed by atoms with Crippen LogP contribution >= 0.6 is 0 Å². The molecule has 0 aliphatic rings. The van der Waals surface area contributed by atoms with Gasteiger partial charge in [0.05, 0.1) is 6.10 Å². The van der Waals surface area contributed by atoms with Crippen molar-refractivity contribution in [1.82, 2.24) is 5.32 Å². The highest BCUT2D eigenvalue weighted by Gasteiger charge is 2.16. The van der Waals surface area contributed by atoms with Crippen LogP contribution in [-0.2, 0) is 0 Å². The predicted octanol–water partition coefficient (Wildman–Crippen LogP) is 4.75. The van der Waals surface area contributed by atoms with Gasteiger partial charge in [-0.2, -0.15) is 0 Å². The summed E-state index contributed by atoms with van der Waals surface area (Å²) in [5.41, 5.74) is 3.88. The molecular weight excluding hydrogens is 312 g/mol. The zero-order chi connectivity index (χ0) is 18.4. The van der Waals surface area contributed by atoms with E-state index in [9.17, 15) is 9.90 Å². The summed E-state index contributed by atoms with van der Waals surface area (Å²) in [7, 11) is 0. The minimum Gasteiger partial charge on any atom is -0.388 e. The number of rotatable bonds is 6. The second kappa shape index (κ2) is 8.67. The zero-order valence-corrected chi connectivity index (χ0v) is 15.4. The molecule has 4 nitrogen and oxygen atoms in total. The summed E-state index contributed by atoms with van der Waals surface area (Å²) in [5.74, 6) is 0.326. The summed E-state index contributed by atoms with van der Waals surface area (Å²) in [6.45, 7) is 8.10. The van der Waals surface area contributed by atoms with Crippen LogP contribution in [-0.4, -0.2) is 17.2 Å². The van der Waals surface area contributed by atoms with Gasteiger partial charge in [0.15, 0.2) is 0 Å². The molecular formula is C21H28N2O2. The largest absolute Gasteiger partial charge is 0.388 e. The Morgan fingerprint density at radius 3 is 2.36 bits per heavy atom. The van der Waals surface area contributed by atoms with Gasteiger partial charge in [0, 0.05) is 11.7 Å².